The maximum atomic E-state index is 13.4. The lowest BCUT2D eigenvalue weighted by atomic mass is 9.88. The molecule has 0 bridgehead atoms. The second-order valence-electron chi connectivity index (χ2n) is 7.64. The summed E-state index contributed by atoms with van der Waals surface area (Å²) in [7, 11) is 0. The van der Waals surface area contributed by atoms with Crippen molar-refractivity contribution >= 4 is 45.5 Å². The topological polar surface area (TPSA) is 50.7 Å². The van der Waals surface area contributed by atoms with Gasteiger partial charge >= 0.3 is 0 Å². The molecule has 0 saturated carbocycles. The number of carbonyl (C=O) groups excluding carboxylic acids is 1. The van der Waals surface area contributed by atoms with E-state index in [-0.39, 0.29) is 5.91 Å². The van der Waals surface area contributed by atoms with Crippen LogP contribution < -0.4 is 10.1 Å². The van der Waals surface area contributed by atoms with Crippen LogP contribution in [0.5, 0.6) is 5.75 Å². The normalized spacial score (nSPS) is 15.9. The Balaban J connectivity index is 1.70. The van der Waals surface area contributed by atoms with Gasteiger partial charge in [-0.3, -0.25) is 4.79 Å². The Labute approximate surface area is 185 Å². The van der Waals surface area contributed by atoms with Gasteiger partial charge in [-0.1, -0.05) is 19.1 Å². The zero-order valence-electron chi connectivity index (χ0n) is 17.5. The molecule has 1 aliphatic rings. The van der Waals surface area contributed by atoms with Crippen LogP contribution in [0.25, 0.3) is 0 Å². The van der Waals surface area contributed by atoms with Gasteiger partial charge in [0.1, 0.15) is 10.8 Å². The molecule has 4 rings (SSSR count). The van der Waals surface area contributed by atoms with Crippen LogP contribution in [0.2, 0.25) is 0 Å². The summed E-state index contributed by atoms with van der Waals surface area (Å²) in [5, 5.41) is 5.94. The second kappa shape index (κ2) is 9.14. The SMILES string of the molecule is CCOc1ccccc1NC(=O)c1c(N=Cc2sccc2C)sc2c1CCC(C)C2. The number of hydrogen-bond donors (Lipinski definition) is 1. The summed E-state index contributed by atoms with van der Waals surface area (Å²) in [5.74, 6) is 1.22. The molecular formula is C24H26N2O2S2. The van der Waals surface area contributed by atoms with Gasteiger partial charge in [0.05, 0.1) is 17.9 Å². The maximum Gasteiger partial charge on any atom is 0.259 e. The lowest BCUT2D eigenvalue weighted by Gasteiger charge is -2.19. The summed E-state index contributed by atoms with van der Waals surface area (Å²) in [5.41, 5.74) is 3.78. The number of amides is 1. The summed E-state index contributed by atoms with van der Waals surface area (Å²) in [6.45, 7) is 6.85. The smallest absolute Gasteiger partial charge is 0.259 e. The van der Waals surface area contributed by atoms with E-state index in [0.29, 0.717) is 24.0 Å². The van der Waals surface area contributed by atoms with E-state index in [9.17, 15) is 4.79 Å². The third-order valence-electron chi connectivity index (χ3n) is 5.36. The minimum Gasteiger partial charge on any atom is -0.492 e. The van der Waals surface area contributed by atoms with Gasteiger partial charge in [-0.2, -0.15) is 0 Å². The molecule has 1 N–H and O–H groups in total. The number of nitrogens with zero attached hydrogens (tertiary/aromatic N) is 1. The van der Waals surface area contributed by atoms with E-state index < -0.39 is 0 Å². The number of carbonyl (C=O) groups is 1. The molecule has 1 amide bonds. The Morgan fingerprint density at radius 2 is 2.17 bits per heavy atom. The van der Waals surface area contributed by atoms with E-state index in [2.05, 4.69) is 30.6 Å². The number of aliphatic imine (C=N–C) groups is 1. The molecular weight excluding hydrogens is 412 g/mol. The third-order valence-corrected chi connectivity index (χ3v) is 7.47. The zero-order valence-corrected chi connectivity index (χ0v) is 19.2. The first-order valence-electron chi connectivity index (χ1n) is 10.3. The molecule has 0 aliphatic heterocycles. The fourth-order valence-electron chi connectivity index (χ4n) is 3.73. The van der Waals surface area contributed by atoms with Crippen LogP contribution in [0.4, 0.5) is 10.7 Å². The molecule has 3 aromatic rings. The van der Waals surface area contributed by atoms with Crippen molar-refractivity contribution in [3.63, 3.8) is 0 Å². The number of anilines is 1. The van der Waals surface area contributed by atoms with Gasteiger partial charge in [0.25, 0.3) is 5.91 Å². The van der Waals surface area contributed by atoms with E-state index in [1.54, 1.807) is 22.7 Å². The predicted octanol–water partition coefficient (Wildman–Crippen LogP) is 6.64. The van der Waals surface area contributed by atoms with Crippen molar-refractivity contribution in [3.05, 3.63) is 62.2 Å². The number of hydrogen-bond acceptors (Lipinski definition) is 5. The summed E-state index contributed by atoms with van der Waals surface area (Å²) in [4.78, 5) is 20.6. The largest absolute Gasteiger partial charge is 0.492 e. The number of fused-ring (bicyclic) bond motifs is 1. The Morgan fingerprint density at radius 3 is 2.93 bits per heavy atom. The number of para-hydroxylation sites is 2. The van der Waals surface area contributed by atoms with Crippen LogP contribution in [0.1, 0.15) is 51.5 Å². The second-order valence-corrected chi connectivity index (χ2v) is 9.67. The van der Waals surface area contributed by atoms with Crippen molar-refractivity contribution in [3.8, 4) is 5.75 Å². The number of ether oxygens (including phenoxy) is 1. The molecule has 2 aromatic heterocycles. The molecule has 156 valence electrons. The summed E-state index contributed by atoms with van der Waals surface area (Å²) >= 11 is 3.33. The lowest BCUT2D eigenvalue weighted by molar-refractivity contribution is 0.102. The Hall–Kier alpha value is -2.44. The van der Waals surface area contributed by atoms with E-state index in [1.807, 2.05) is 37.4 Å². The van der Waals surface area contributed by atoms with Crippen molar-refractivity contribution in [1.82, 2.24) is 0 Å². The molecule has 30 heavy (non-hydrogen) atoms. The number of nitrogens with one attached hydrogen (secondary N) is 1. The van der Waals surface area contributed by atoms with Crippen LogP contribution in [0, 0.1) is 12.8 Å². The van der Waals surface area contributed by atoms with Gasteiger partial charge in [0.15, 0.2) is 0 Å². The number of aryl methyl sites for hydroxylation is 1. The summed E-state index contributed by atoms with van der Waals surface area (Å²) in [6, 6.07) is 9.66. The number of rotatable bonds is 6. The summed E-state index contributed by atoms with van der Waals surface area (Å²) < 4.78 is 5.68. The Kier molecular flexibility index (Phi) is 6.35. The van der Waals surface area contributed by atoms with Crippen molar-refractivity contribution in [2.45, 2.75) is 40.0 Å². The first kappa shape index (κ1) is 20.8. The highest BCUT2D eigenvalue weighted by atomic mass is 32.1. The average Bonchev–Trinajstić information content (AvgIpc) is 3.30. The van der Waals surface area contributed by atoms with Crippen LogP contribution in [0.15, 0.2) is 40.7 Å². The van der Waals surface area contributed by atoms with Gasteiger partial charge in [-0.25, -0.2) is 4.99 Å². The van der Waals surface area contributed by atoms with Crippen molar-refractivity contribution in [1.29, 1.82) is 0 Å². The highest BCUT2D eigenvalue weighted by Crippen LogP contribution is 2.42. The Morgan fingerprint density at radius 1 is 1.33 bits per heavy atom. The van der Waals surface area contributed by atoms with Crippen LogP contribution in [0.3, 0.4) is 0 Å². The molecule has 2 heterocycles. The molecule has 6 heteroatoms. The molecule has 1 aromatic carbocycles. The molecule has 1 aliphatic carbocycles. The fraction of sp³-hybridized carbons (Fsp3) is 0.333. The highest BCUT2D eigenvalue weighted by Gasteiger charge is 2.28. The molecule has 0 saturated heterocycles. The van der Waals surface area contributed by atoms with Crippen LogP contribution in [-0.4, -0.2) is 18.7 Å². The van der Waals surface area contributed by atoms with Gasteiger partial charge in [-0.05, 0) is 73.7 Å². The molecule has 1 unspecified atom stereocenters. The standard InChI is InChI=1S/C24H26N2O2S2/c1-4-28-19-8-6-5-7-18(19)26-23(27)22-17-10-9-15(2)13-20(17)30-24(22)25-14-21-16(3)11-12-29-21/h5-8,11-12,14-15H,4,9-10,13H2,1-3H3,(H,26,27). The van der Waals surface area contributed by atoms with Gasteiger partial charge in [0, 0.05) is 16.0 Å². The first-order chi connectivity index (χ1) is 14.6. The predicted molar refractivity (Wildman–Crippen MR) is 127 cm³/mol. The summed E-state index contributed by atoms with van der Waals surface area (Å²) in [6.07, 6.45) is 4.94. The van der Waals surface area contributed by atoms with Crippen LogP contribution >= 0.6 is 22.7 Å². The third kappa shape index (κ3) is 4.35. The number of benzene rings is 1. The minimum atomic E-state index is -0.107. The molecule has 0 fully saturated rings. The quantitative estimate of drug-likeness (QED) is 0.438. The minimum absolute atomic E-state index is 0.107. The van der Waals surface area contributed by atoms with Crippen LogP contribution in [-0.2, 0) is 12.8 Å². The van der Waals surface area contributed by atoms with E-state index in [4.69, 9.17) is 9.73 Å². The van der Waals surface area contributed by atoms with Crippen molar-refractivity contribution < 1.29 is 9.53 Å². The van der Waals surface area contributed by atoms with Crippen molar-refractivity contribution in [2.75, 3.05) is 11.9 Å². The molecule has 0 spiro atoms. The van der Waals surface area contributed by atoms with Gasteiger partial charge < -0.3 is 10.1 Å². The lowest BCUT2D eigenvalue weighted by Crippen LogP contribution is -2.17. The Bertz CT molecular complexity index is 1080. The first-order valence-corrected chi connectivity index (χ1v) is 12.0. The molecule has 1 atom stereocenters. The van der Waals surface area contributed by atoms with E-state index in [0.717, 1.165) is 34.7 Å². The van der Waals surface area contributed by atoms with Gasteiger partial charge in [-0.15, -0.1) is 22.7 Å². The monoisotopic (exact) mass is 438 g/mol. The zero-order chi connectivity index (χ0) is 21.1. The fourth-order valence-corrected chi connectivity index (χ4v) is 5.87. The molecule has 4 nitrogen and oxygen atoms in total. The molecule has 0 radical (unpaired) electrons. The van der Waals surface area contributed by atoms with Crippen molar-refractivity contribution in [2.24, 2.45) is 10.9 Å². The average molecular weight is 439 g/mol. The number of thiophene rings is 2. The maximum absolute atomic E-state index is 13.4. The van der Waals surface area contributed by atoms with Gasteiger partial charge in [0.2, 0.25) is 0 Å². The highest BCUT2D eigenvalue weighted by molar-refractivity contribution is 7.16. The van der Waals surface area contributed by atoms with E-state index in [1.165, 1.54) is 16.0 Å². The van der Waals surface area contributed by atoms with E-state index >= 15 is 0 Å².